The maximum Gasteiger partial charge on any atom is 0.333 e. The van der Waals surface area contributed by atoms with E-state index in [4.69, 9.17) is 34.0 Å². The van der Waals surface area contributed by atoms with Gasteiger partial charge in [0.15, 0.2) is 28.5 Å². The average molecular weight is 949 g/mol. The largest absolute Gasteiger partial charge is 0.414 e. The molecule has 3 aliphatic rings. The molecule has 0 aliphatic carbocycles. The monoisotopic (exact) mass is 948 g/mol. The molecule has 4 heterocycles. The number of amides is 2. The van der Waals surface area contributed by atoms with Gasteiger partial charge in [0.25, 0.3) is 15.7 Å². The van der Waals surface area contributed by atoms with Gasteiger partial charge >= 0.3 is 5.69 Å². The maximum absolute atomic E-state index is 14.6. The number of likely N-dealkylation sites (tertiary alicyclic amines) is 1. The summed E-state index contributed by atoms with van der Waals surface area (Å²) in [5, 5.41) is 3.17. The molecule has 2 saturated heterocycles. The molecule has 0 bridgehead atoms. The fourth-order valence-corrected chi connectivity index (χ4v) is 11.1. The van der Waals surface area contributed by atoms with Crippen molar-refractivity contribution in [2.75, 3.05) is 19.7 Å². The van der Waals surface area contributed by atoms with E-state index in [1.165, 1.54) is 15.7 Å². The normalized spacial score (nSPS) is 25.6. The van der Waals surface area contributed by atoms with Gasteiger partial charge < -0.3 is 40.0 Å². The molecule has 0 radical (unpaired) electrons. The summed E-state index contributed by atoms with van der Waals surface area (Å²) in [6.07, 6.45) is -2.29. The number of hydrogen-bond acceptors (Lipinski definition) is 13. The molecule has 1 spiro atoms. The molecule has 358 valence electrons. The van der Waals surface area contributed by atoms with Crippen molar-refractivity contribution >= 4 is 38.6 Å². The molecule has 1 aromatic carbocycles. The third kappa shape index (κ3) is 10.7. The topological polar surface area (TPSA) is 226 Å². The van der Waals surface area contributed by atoms with Crippen LogP contribution in [0, 0.1) is 12.8 Å². The molecule has 0 saturated carbocycles. The van der Waals surface area contributed by atoms with Gasteiger partial charge in [-0.25, -0.2) is 8.98 Å². The Labute approximate surface area is 380 Å². The number of nitrogens with two attached hydrogens (primary N) is 2. The number of hydrogen-bond donors (Lipinski definition) is 3. The Morgan fingerprint density at radius 3 is 2.20 bits per heavy atom. The summed E-state index contributed by atoms with van der Waals surface area (Å²) in [6.45, 7) is 26.0. The first-order chi connectivity index (χ1) is 29.4. The maximum atomic E-state index is 14.6. The van der Waals surface area contributed by atoms with Gasteiger partial charge in [-0.15, -0.1) is 0 Å². The van der Waals surface area contributed by atoms with Crippen LogP contribution in [-0.4, -0.2) is 107 Å². The van der Waals surface area contributed by atoms with Gasteiger partial charge in [-0.2, -0.15) is 8.42 Å². The van der Waals surface area contributed by atoms with Crippen LogP contribution in [-0.2, 0) is 55.4 Å². The molecule has 5 N–H and O–H groups in total. The van der Waals surface area contributed by atoms with E-state index in [1.807, 2.05) is 78.0 Å². The third-order valence-electron chi connectivity index (χ3n) is 13.7. The molecule has 17 nitrogen and oxygen atoms in total. The van der Waals surface area contributed by atoms with Crippen LogP contribution in [0.2, 0.25) is 36.3 Å². The van der Waals surface area contributed by atoms with Gasteiger partial charge in [-0.05, 0) is 61.1 Å². The average Bonchev–Trinajstić information content (AvgIpc) is 3.83. The Morgan fingerprint density at radius 2 is 1.64 bits per heavy atom. The lowest BCUT2D eigenvalue weighted by Gasteiger charge is -2.43. The Kier molecular flexibility index (Phi) is 15.3. The third-order valence-corrected chi connectivity index (χ3v) is 23.8. The van der Waals surface area contributed by atoms with Crippen LogP contribution < -0.4 is 28.0 Å². The van der Waals surface area contributed by atoms with Crippen molar-refractivity contribution in [1.82, 2.24) is 19.4 Å². The number of ether oxygens (including phenoxy) is 2. The Balaban J connectivity index is 1.42. The van der Waals surface area contributed by atoms with Crippen LogP contribution in [0.3, 0.4) is 0 Å². The summed E-state index contributed by atoms with van der Waals surface area (Å²) in [5.74, 6) is -0.894. The second kappa shape index (κ2) is 19.0. The first-order valence-electron chi connectivity index (χ1n) is 22.2. The summed E-state index contributed by atoms with van der Waals surface area (Å²) in [6, 6.07) is 7.98. The van der Waals surface area contributed by atoms with Crippen molar-refractivity contribution in [2.45, 2.75) is 167 Å². The first-order valence-corrected chi connectivity index (χ1v) is 29.5. The van der Waals surface area contributed by atoms with E-state index in [0.29, 0.717) is 6.61 Å². The Hall–Kier alpha value is -3.48. The SMILES string of the molecule is Cc1cn([C@@H]2O[C@H](CO[Si](C)(C)C(C)(C)C)[C@@]3(OS(=O)(=O)C=C3N)[C@H]2O[Si](C)(C)C(C)(C)C)c(=O)n(CCCNC(=O)[C@@H]2C[C@@H](OCc3ccccc3)CN2C(=O)[C@@H](N)C(C)C)c1=O. The predicted octanol–water partition coefficient (Wildman–Crippen LogP) is 4.20. The summed E-state index contributed by atoms with van der Waals surface area (Å²) >= 11 is 0. The second-order valence-electron chi connectivity index (χ2n) is 20.9. The highest BCUT2D eigenvalue weighted by molar-refractivity contribution is 7.90. The number of carbonyl (C=O) groups excluding carboxylic acids is 2. The Morgan fingerprint density at radius 1 is 1.02 bits per heavy atom. The molecule has 5 rings (SSSR count). The zero-order valence-corrected chi connectivity index (χ0v) is 42.7. The molecule has 20 heteroatoms. The van der Waals surface area contributed by atoms with Crippen molar-refractivity contribution in [3.8, 4) is 0 Å². The number of nitrogens with one attached hydrogen (secondary N) is 1. The fourth-order valence-electron chi connectivity index (χ4n) is 7.59. The van der Waals surface area contributed by atoms with Crippen LogP contribution in [0.25, 0.3) is 0 Å². The molecular weight excluding hydrogens is 877 g/mol. The highest BCUT2D eigenvalue weighted by Crippen LogP contribution is 2.52. The van der Waals surface area contributed by atoms with Gasteiger partial charge in [0.1, 0.15) is 18.2 Å². The lowest BCUT2D eigenvalue weighted by atomic mass is 9.89. The number of aromatic nitrogens is 2. The van der Waals surface area contributed by atoms with Crippen molar-refractivity contribution in [2.24, 2.45) is 17.4 Å². The number of rotatable bonds is 16. The number of aryl methyl sites for hydroxylation is 1. The van der Waals surface area contributed by atoms with Crippen LogP contribution in [0.5, 0.6) is 0 Å². The van der Waals surface area contributed by atoms with E-state index >= 15 is 0 Å². The molecular formula is C44H72N6O11SSi2. The minimum atomic E-state index is -4.32. The summed E-state index contributed by atoms with van der Waals surface area (Å²) in [7, 11) is -9.60. The highest BCUT2D eigenvalue weighted by atomic mass is 32.2. The van der Waals surface area contributed by atoms with Crippen LogP contribution in [0.15, 0.2) is 57.2 Å². The smallest absolute Gasteiger partial charge is 0.333 e. The standard InChI is InChI=1S/C44H72N6O11SSi2/c1-28(2)35(46)39(53)49-24-31(57-25-30-18-15-14-16-19-30)22-32(49)37(51)47-20-17-21-48-38(52)29(3)23-50(41(48)54)40-36(60-64(12,13)43(7,8)9)44(33(45)27-62(55,56)61-44)34(59-40)26-58-63(10,11)42(4,5)6/h14-16,18-19,23,27-28,31-32,34-36,40H,17,20-22,24-26,45-46H2,1-13H3,(H,47,51)/t31-,32+,34-,35+,36+,40-,44-/m1/s1. The molecule has 0 unspecified atom stereocenters. The molecule has 2 aromatic rings. The fraction of sp³-hybridized carbons (Fsp3) is 0.682. The zero-order valence-electron chi connectivity index (χ0n) is 39.9. The first kappa shape index (κ1) is 51.5. The van der Waals surface area contributed by atoms with Gasteiger partial charge in [-0.3, -0.25) is 23.5 Å². The Bertz CT molecular complexity index is 2290. The zero-order chi connectivity index (χ0) is 48.0. The van der Waals surface area contributed by atoms with Crippen molar-refractivity contribution in [1.29, 1.82) is 0 Å². The predicted molar refractivity (Wildman–Crippen MR) is 249 cm³/mol. The molecule has 3 aliphatic heterocycles. The van der Waals surface area contributed by atoms with Crippen molar-refractivity contribution in [3.05, 3.63) is 79.6 Å². The summed E-state index contributed by atoms with van der Waals surface area (Å²) in [5.41, 5.74) is 10.8. The summed E-state index contributed by atoms with van der Waals surface area (Å²) < 4.78 is 61.3. The van der Waals surface area contributed by atoms with Gasteiger partial charge in [0, 0.05) is 37.8 Å². The minimum absolute atomic E-state index is 0.0724. The van der Waals surface area contributed by atoms with E-state index in [1.54, 1.807) is 6.92 Å². The number of benzene rings is 1. The second-order valence-corrected chi connectivity index (χ2v) is 31.8. The van der Waals surface area contributed by atoms with E-state index in [2.05, 4.69) is 39.2 Å². The lowest BCUT2D eigenvalue weighted by Crippen LogP contribution is -2.59. The van der Waals surface area contributed by atoms with Crippen LogP contribution >= 0.6 is 0 Å². The van der Waals surface area contributed by atoms with Gasteiger partial charge in [-0.1, -0.05) is 85.7 Å². The highest BCUT2D eigenvalue weighted by Gasteiger charge is 2.67. The number of nitrogens with zero attached hydrogens (tertiary/aromatic N) is 3. The van der Waals surface area contributed by atoms with Crippen LogP contribution in [0.1, 0.15) is 85.6 Å². The van der Waals surface area contributed by atoms with Gasteiger partial charge in [0.05, 0.1) is 36.5 Å². The van der Waals surface area contributed by atoms with Crippen LogP contribution in [0.4, 0.5) is 0 Å². The van der Waals surface area contributed by atoms with Gasteiger partial charge in [0.2, 0.25) is 11.8 Å². The molecule has 2 fully saturated rings. The van der Waals surface area contributed by atoms with Crippen molar-refractivity contribution in [3.63, 3.8) is 0 Å². The molecule has 64 heavy (non-hydrogen) atoms. The lowest BCUT2D eigenvalue weighted by molar-refractivity contribution is -0.140. The molecule has 2 amide bonds. The van der Waals surface area contributed by atoms with E-state index < -0.39 is 86.1 Å². The molecule has 7 atom stereocenters. The summed E-state index contributed by atoms with van der Waals surface area (Å²) in [4.78, 5) is 57.1. The van der Waals surface area contributed by atoms with E-state index in [-0.39, 0.29) is 72.2 Å². The number of carbonyl (C=O) groups is 2. The van der Waals surface area contributed by atoms with E-state index in [9.17, 15) is 27.6 Å². The van der Waals surface area contributed by atoms with E-state index in [0.717, 1.165) is 15.5 Å². The molecule has 1 aromatic heterocycles. The quantitative estimate of drug-likeness (QED) is 0.122. The minimum Gasteiger partial charge on any atom is -0.414 e. The van der Waals surface area contributed by atoms with Crippen molar-refractivity contribution < 1.29 is 40.5 Å².